The van der Waals surface area contributed by atoms with E-state index in [1.54, 1.807) is 37.3 Å². The molecule has 0 spiro atoms. The van der Waals surface area contributed by atoms with Gasteiger partial charge in [0.15, 0.2) is 17.5 Å². The summed E-state index contributed by atoms with van der Waals surface area (Å²) >= 11 is 0. The number of amides is 2. The quantitative estimate of drug-likeness (QED) is 0.363. The number of nitrogens with zero attached hydrogens (tertiary/aromatic N) is 7. The Labute approximate surface area is 220 Å². The van der Waals surface area contributed by atoms with Crippen LogP contribution in [0.1, 0.15) is 12.5 Å². The molecule has 1 aliphatic heterocycles. The number of piperazine rings is 1. The van der Waals surface area contributed by atoms with Crippen molar-refractivity contribution in [3.63, 3.8) is 0 Å². The van der Waals surface area contributed by atoms with Gasteiger partial charge in [-0.3, -0.25) is 4.68 Å². The Morgan fingerprint density at radius 3 is 2.69 bits per heavy atom. The van der Waals surface area contributed by atoms with E-state index in [-0.39, 0.29) is 43.5 Å². The van der Waals surface area contributed by atoms with E-state index < -0.39 is 29.7 Å². The lowest BCUT2D eigenvalue weighted by molar-refractivity contribution is -0.139. The van der Waals surface area contributed by atoms with Crippen LogP contribution in [-0.4, -0.2) is 79.1 Å². The van der Waals surface area contributed by atoms with E-state index in [1.165, 1.54) is 26.8 Å². The van der Waals surface area contributed by atoms with E-state index in [1.807, 2.05) is 0 Å². The molecule has 4 aromatic rings. The number of urea groups is 1. The molecule has 0 bridgehead atoms. The molecule has 12 nitrogen and oxygen atoms in total. The molecule has 1 atom stereocenters. The first-order valence-electron chi connectivity index (χ1n) is 12.1. The highest BCUT2D eigenvalue weighted by atomic mass is 19.1. The first-order chi connectivity index (χ1) is 18.9. The fourth-order valence-electron chi connectivity index (χ4n) is 4.36. The highest BCUT2D eigenvalue weighted by Gasteiger charge is 2.36. The van der Waals surface area contributed by atoms with Gasteiger partial charge in [0, 0.05) is 31.3 Å². The topological polar surface area (TPSA) is 143 Å². The van der Waals surface area contributed by atoms with Crippen molar-refractivity contribution in [1.82, 2.24) is 35.1 Å². The number of carboxylic acids is 1. The fourth-order valence-corrected chi connectivity index (χ4v) is 4.36. The predicted molar refractivity (Wildman–Crippen MR) is 134 cm³/mol. The molecule has 2 N–H and O–H groups in total. The molecule has 0 saturated carbocycles. The maximum Gasteiger partial charge on any atom is 0.328 e. The second-order valence-corrected chi connectivity index (χ2v) is 8.74. The van der Waals surface area contributed by atoms with Gasteiger partial charge in [-0.1, -0.05) is 23.4 Å². The molecule has 1 saturated heterocycles. The summed E-state index contributed by atoms with van der Waals surface area (Å²) in [5.41, 5.74) is 1.53. The number of aromatic nitrogens is 5. The number of carboxylic acid groups (broad SMARTS) is 1. The van der Waals surface area contributed by atoms with Crippen LogP contribution in [0.2, 0.25) is 0 Å². The van der Waals surface area contributed by atoms with Crippen LogP contribution in [0, 0.1) is 11.6 Å². The number of aliphatic carboxylic acids is 1. The molecular weight excluding hydrogens is 514 g/mol. The first-order valence-corrected chi connectivity index (χ1v) is 12.1. The van der Waals surface area contributed by atoms with Crippen LogP contribution in [-0.2, 0) is 11.3 Å². The van der Waals surface area contributed by atoms with Gasteiger partial charge in [-0.25, -0.2) is 28.3 Å². The first kappa shape index (κ1) is 25.8. The molecule has 1 unspecified atom stereocenters. The fraction of sp³-hybridized carbons (Fsp3) is 0.280. The Balaban J connectivity index is 1.50. The van der Waals surface area contributed by atoms with Crippen LogP contribution in [0.4, 0.5) is 19.4 Å². The SMILES string of the molecule is CCNC(=O)N1CCN(c2nc(-c3cc(-c4ccon4)n(Cc4ccccc4F)n3)ncc2F)C(C(=O)O)C1. The third-order valence-electron chi connectivity index (χ3n) is 6.27. The lowest BCUT2D eigenvalue weighted by Crippen LogP contribution is -2.60. The molecule has 39 heavy (non-hydrogen) atoms. The number of carbonyl (C=O) groups is 2. The van der Waals surface area contributed by atoms with Crippen molar-refractivity contribution in [2.24, 2.45) is 0 Å². The smallest absolute Gasteiger partial charge is 0.328 e. The Bertz CT molecular complexity index is 1490. The lowest BCUT2D eigenvalue weighted by Gasteiger charge is -2.39. The summed E-state index contributed by atoms with van der Waals surface area (Å²) in [6, 6.07) is 7.85. The summed E-state index contributed by atoms with van der Waals surface area (Å²) in [6.07, 6.45) is 2.33. The van der Waals surface area contributed by atoms with Crippen molar-refractivity contribution >= 4 is 17.8 Å². The van der Waals surface area contributed by atoms with Gasteiger partial charge < -0.3 is 24.7 Å². The van der Waals surface area contributed by atoms with Gasteiger partial charge in [0.25, 0.3) is 0 Å². The zero-order chi connectivity index (χ0) is 27.5. The van der Waals surface area contributed by atoms with Gasteiger partial charge in [0.2, 0.25) is 0 Å². The maximum absolute atomic E-state index is 15.0. The van der Waals surface area contributed by atoms with Crippen molar-refractivity contribution in [2.75, 3.05) is 31.1 Å². The highest BCUT2D eigenvalue weighted by Crippen LogP contribution is 2.28. The molecular formula is C25H24F2N8O4. The highest BCUT2D eigenvalue weighted by molar-refractivity contribution is 5.81. The molecule has 0 radical (unpaired) electrons. The number of anilines is 1. The van der Waals surface area contributed by atoms with E-state index in [4.69, 9.17) is 4.52 Å². The summed E-state index contributed by atoms with van der Waals surface area (Å²) < 4.78 is 35.8. The monoisotopic (exact) mass is 538 g/mol. The number of carbonyl (C=O) groups excluding carboxylic acids is 1. The van der Waals surface area contributed by atoms with Gasteiger partial charge in [-0.05, 0) is 19.1 Å². The average Bonchev–Trinajstić information content (AvgIpc) is 3.60. The zero-order valence-corrected chi connectivity index (χ0v) is 20.8. The molecule has 1 fully saturated rings. The number of nitrogens with one attached hydrogen (secondary N) is 1. The van der Waals surface area contributed by atoms with E-state index >= 15 is 0 Å². The number of benzene rings is 1. The van der Waals surface area contributed by atoms with Crippen molar-refractivity contribution in [1.29, 1.82) is 0 Å². The lowest BCUT2D eigenvalue weighted by atomic mass is 10.1. The van der Waals surface area contributed by atoms with Crippen LogP contribution in [0.15, 0.2) is 53.4 Å². The summed E-state index contributed by atoms with van der Waals surface area (Å²) in [7, 11) is 0. The molecule has 14 heteroatoms. The Hall–Kier alpha value is -4.88. The predicted octanol–water partition coefficient (Wildman–Crippen LogP) is 2.63. The second kappa shape index (κ2) is 10.8. The number of rotatable bonds is 7. The minimum absolute atomic E-state index is 0.0266. The van der Waals surface area contributed by atoms with Crippen LogP contribution in [0.5, 0.6) is 0 Å². The van der Waals surface area contributed by atoms with Crippen molar-refractivity contribution in [2.45, 2.75) is 19.5 Å². The standard InChI is InChI=1S/C25H24F2N8O4/c1-2-28-25(38)33-8-9-34(21(14-33)24(36)37)23-17(27)12-29-22(30-23)19-11-20(18-7-10-39-32-18)35(31-19)13-15-5-3-4-6-16(15)26/h3-7,10-12,21H,2,8-9,13-14H2,1H3,(H,28,38)(H,36,37). The van der Waals surface area contributed by atoms with Crippen LogP contribution < -0.4 is 10.2 Å². The van der Waals surface area contributed by atoms with Gasteiger partial charge in [0.05, 0.1) is 25.0 Å². The van der Waals surface area contributed by atoms with E-state index in [0.717, 1.165) is 6.20 Å². The molecule has 1 aliphatic rings. The molecule has 3 aromatic heterocycles. The average molecular weight is 539 g/mol. The number of hydrogen-bond donors (Lipinski definition) is 2. The Morgan fingerprint density at radius 1 is 1.15 bits per heavy atom. The number of hydrogen-bond acceptors (Lipinski definition) is 8. The van der Waals surface area contributed by atoms with Crippen LogP contribution in [0.3, 0.4) is 0 Å². The van der Waals surface area contributed by atoms with E-state index in [0.29, 0.717) is 23.5 Å². The van der Waals surface area contributed by atoms with Crippen LogP contribution >= 0.6 is 0 Å². The summed E-state index contributed by atoms with van der Waals surface area (Å²) in [5.74, 6) is -2.66. The van der Waals surface area contributed by atoms with E-state index in [2.05, 4.69) is 25.5 Å². The molecule has 2 amide bonds. The maximum atomic E-state index is 15.0. The van der Waals surface area contributed by atoms with Gasteiger partial charge in [-0.15, -0.1) is 0 Å². The normalized spacial score (nSPS) is 15.4. The number of halogens is 2. The largest absolute Gasteiger partial charge is 0.480 e. The molecule has 202 valence electrons. The van der Waals surface area contributed by atoms with Gasteiger partial charge in [-0.2, -0.15) is 5.10 Å². The summed E-state index contributed by atoms with van der Waals surface area (Å²) in [5, 5.41) is 21.0. The Morgan fingerprint density at radius 2 is 1.97 bits per heavy atom. The Kier molecular flexibility index (Phi) is 7.17. The van der Waals surface area contributed by atoms with Crippen molar-refractivity contribution in [3.8, 4) is 22.9 Å². The molecule has 1 aromatic carbocycles. The van der Waals surface area contributed by atoms with Gasteiger partial charge in [0.1, 0.15) is 29.5 Å². The van der Waals surface area contributed by atoms with Crippen LogP contribution in [0.25, 0.3) is 22.9 Å². The van der Waals surface area contributed by atoms with Crippen molar-refractivity contribution < 1.29 is 28.0 Å². The molecule has 0 aliphatic carbocycles. The third kappa shape index (κ3) is 5.26. The van der Waals surface area contributed by atoms with E-state index in [9.17, 15) is 23.5 Å². The molecule has 4 heterocycles. The summed E-state index contributed by atoms with van der Waals surface area (Å²) in [4.78, 5) is 35.4. The second-order valence-electron chi connectivity index (χ2n) is 8.74. The minimum Gasteiger partial charge on any atom is -0.480 e. The minimum atomic E-state index is -1.23. The zero-order valence-electron chi connectivity index (χ0n) is 20.8. The third-order valence-corrected chi connectivity index (χ3v) is 6.27. The van der Waals surface area contributed by atoms with Crippen molar-refractivity contribution in [3.05, 3.63) is 66.1 Å². The summed E-state index contributed by atoms with van der Waals surface area (Å²) in [6.45, 7) is 2.25. The van der Waals surface area contributed by atoms with Gasteiger partial charge >= 0.3 is 12.0 Å². The molecule has 5 rings (SSSR count).